The first-order valence-electron chi connectivity index (χ1n) is 9.81. The van der Waals surface area contributed by atoms with Crippen molar-refractivity contribution in [2.75, 3.05) is 13.1 Å². The lowest BCUT2D eigenvalue weighted by Gasteiger charge is -2.32. The fourth-order valence-electron chi connectivity index (χ4n) is 3.51. The molecule has 9 nitrogen and oxygen atoms in total. The number of hydrogen-bond donors (Lipinski definition) is 1. The lowest BCUT2D eigenvalue weighted by Crippen LogP contribution is -2.45. The summed E-state index contributed by atoms with van der Waals surface area (Å²) in [6.07, 6.45) is 3.42. The number of carbonyl (C=O) groups is 1. The van der Waals surface area contributed by atoms with Gasteiger partial charge in [-0.3, -0.25) is 19.8 Å². The molecule has 9 heteroatoms. The molecular formula is C21H22N6O3. The number of nitro groups is 1. The zero-order valence-corrected chi connectivity index (χ0v) is 16.3. The number of nitrogens with one attached hydrogen (secondary N) is 1. The number of benzene rings is 2. The first kappa shape index (κ1) is 19.7. The molecule has 0 radical (unpaired) electrons. The lowest BCUT2D eigenvalue weighted by atomic mass is 10.0. The highest BCUT2D eigenvalue weighted by Gasteiger charge is 2.21. The number of likely N-dealkylation sites (tertiary alicyclic amines) is 1. The van der Waals surface area contributed by atoms with E-state index in [2.05, 4.69) is 20.3 Å². The topological polar surface area (TPSA) is 106 Å². The van der Waals surface area contributed by atoms with Crippen LogP contribution >= 0.6 is 0 Å². The second kappa shape index (κ2) is 8.83. The number of aromatic nitrogens is 3. The zero-order valence-electron chi connectivity index (χ0n) is 16.3. The minimum absolute atomic E-state index is 0.0296. The van der Waals surface area contributed by atoms with Gasteiger partial charge in [0.2, 0.25) is 0 Å². The number of carbonyl (C=O) groups excluding carboxylic acids is 1. The average Bonchev–Trinajstić information content (AvgIpc) is 3.24. The van der Waals surface area contributed by atoms with Crippen LogP contribution in [0.4, 0.5) is 5.69 Å². The predicted octanol–water partition coefficient (Wildman–Crippen LogP) is 2.71. The van der Waals surface area contributed by atoms with Crippen molar-refractivity contribution in [2.24, 2.45) is 0 Å². The van der Waals surface area contributed by atoms with Gasteiger partial charge in [0.05, 0.1) is 11.6 Å². The van der Waals surface area contributed by atoms with Gasteiger partial charge in [-0.25, -0.2) is 9.67 Å². The summed E-state index contributed by atoms with van der Waals surface area (Å²) in [6.45, 7) is 2.32. The van der Waals surface area contributed by atoms with Crippen LogP contribution < -0.4 is 5.32 Å². The summed E-state index contributed by atoms with van der Waals surface area (Å²) in [5, 5.41) is 18.4. The number of rotatable bonds is 6. The van der Waals surface area contributed by atoms with Crippen molar-refractivity contribution >= 4 is 11.6 Å². The predicted molar refractivity (Wildman–Crippen MR) is 111 cm³/mol. The number of nitrogens with zero attached hydrogens (tertiary/aromatic N) is 5. The summed E-state index contributed by atoms with van der Waals surface area (Å²) in [6, 6.07) is 15.6. The van der Waals surface area contributed by atoms with Gasteiger partial charge < -0.3 is 5.32 Å². The van der Waals surface area contributed by atoms with Gasteiger partial charge in [-0.15, -0.1) is 5.10 Å². The molecule has 1 aliphatic rings. The highest BCUT2D eigenvalue weighted by molar-refractivity contribution is 5.94. The Morgan fingerprint density at radius 3 is 2.47 bits per heavy atom. The van der Waals surface area contributed by atoms with Gasteiger partial charge in [0.25, 0.3) is 11.6 Å². The van der Waals surface area contributed by atoms with Crippen molar-refractivity contribution in [1.29, 1.82) is 0 Å². The Hall–Kier alpha value is -3.59. The van der Waals surface area contributed by atoms with E-state index < -0.39 is 4.92 Å². The van der Waals surface area contributed by atoms with E-state index in [1.54, 1.807) is 23.1 Å². The molecule has 0 bridgehead atoms. The summed E-state index contributed by atoms with van der Waals surface area (Å²) in [4.78, 5) is 29.2. The molecule has 0 saturated carbocycles. The molecular weight excluding hydrogens is 384 g/mol. The molecule has 0 aliphatic carbocycles. The minimum atomic E-state index is -0.429. The number of amides is 1. The highest BCUT2D eigenvalue weighted by Crippen LogP contribution is 2.19. The molecule has 0 atom stereocenters. The van der Waals surface area contributed by atoms with E-state index >= 15 is 0 Å². The number of nitro benzene ring substituents is 1. The van der Waals surface area contributed by atoms with Crippen LogP contribution in [0.5, 0.6) is 0 Å². The summed E-state index contributed by atoms with van der Waals surface area (Å²) < 4.78 is 1.76. The van der Waals surface area contributed by atoms with E-state index in [-0.39, 0.29) is 17.6 Å². The third-order valence-corrected chi connectivity index (χ3v) is 5.18. The first-order chi connectivity index (χ1) is 14.6. The minimum Gasteiger partial charge on any atom is -0.349 e. The Morgan fingerprint density at radius 2 is 1.80 bits per heavy atom. The summed E-state index contributed by atoms with van der Waals surface area (Å²) in [5.41, 5.74) is 1.46. The van der Waals surface area contributed by atoms with Crippen LogP contribution in [0.15, 0.2) is 60.9 Å². The van der Waals surface area contributed by atoms with Crippen LogP contribution in [0.1, 0.15) is 23.2 Å². The molecule has 3 aromatic rings. The molecule has 4 rings (SSSR count). The van der Waals surface area contributed by atoms with Crippen molar-refractivity contribution in [3.63, 3.8) is 0 Å². The average molecular weight is 406 g/mol. The molecule has 0 unspecified atom stereocenters. The second-order valence-electron chi connectivity index (χ2n) is 7.28. The molecule has 1 N–H and O–H groups in total. The smallest absolute Gasteiger partial charge is 0.269 e. The molecule has 30 heavy (non-hydrogen) atoms. The first-order valence-corrected chi connectivity index (χ1v) is 9.81. The second-order valence-corrected chi connectivity index (χ2v) is 7.28. The molecule has 1 aliphatic heterocycles. The van der Waals surface area contributed by atoms with Crippen molar-refractivity contribution < 1.29 is 9.72 Å². The fraction of sp³-hybridized carbons (Fsp3) is 0.286. The van der Waals surface area contributed by atoms with E-state index in [1.807, 2.05) is 30.3 Å². The number of non-ortho nitro benzene ring substituents is 1. The van der Waals surface area contributed by atoms with Crippen molar-refractivity contribution in [3.8, 4) is 11.4 Å². The van der Waals surface area contributed by atoms with Gasteiger partial charge in [0.1, 0.15) is 6.33 Å². The van der Waals surface area contributed by atoms with Crippen molar-refractivity contribution in [3.05, 3.63) is 76.6 Å². The molecule has 1 amide bonds. The van der Waals surface area contributed by atoms with E-state index in [1.165, 1.54) is 12.1 Å². The van der Waals surface area contributed by atoms with Crippen LogP contribution in [0.3, 0.4) is 0 Å². The van der Waals surface area contributed by atoms with Gasteiger partial charge in [-0.05, 0) is 37.1 Å². The Morgan fingerprint density at radius 1 is 1.10 bits per heavy atom. The van der Waals surface area contributed by atoms with Crippen LogP contribution in [-0.2, 0) is 6.67 Å². The van der Waals surface area contributed by atoms with Gasteiger partial charge >= 0.3 is 0 Å². The molecule has 1 saturated heterocycles. The van der Waals surface area contributed by atoms with E-state index in [4.69, 9.17) is 0 Å². The molecule has 0 spiro atoms. The van der Waals surface area contributed by atoms with Gasteiger partial charge in [-0.2, -0.15) is 0 Å². The maximum Gasteiger partial charge on any atom is 0.269 e. The molecule has 1 fully saturated rings. The van der Waals surface area contributed by atoms with Crippen molar-refractivity contribution in [1.82, 2.24) is 25.0 Å². The molecule has 2 heterocycles. The molecule has 154 valence electrons. The normalized spacial score (nSPS) is 15.1. The summed E-state index contributed by atoms with van der Waals surface area (Å²) >= 11 is 0. The largest absolute Gasteiger partial charge is 0.349 e. The zero-order chi connectivity index (χ0) is 20.9. The van der Waals surface area contributed by atoms with E-state index in [9.17, 15) is 14.9 Å². The fourth-order valence-corrected chi connectivity index (χ4v) is 3.51. The van der Waals surface area contributed by atoms with Crippen LogP contribution in [0.25, 0.3) is 11.4 Å². The third-order valence-electron chi connectivity index (χ3n) is 5.18. The van der Waals surface area contributed by atoms with Gasteiger partial charge in [0.15, 0.2) is 5.82 Å². The summed E-state index contributed by atoms with van der Waals surface area (Å²) in [5.74, 6) is 0.507. The Balaban J connectivity index is 1.28. The summed E-state index contributed by atoms with van der Waals surface area (Å²) in [7, 11) is 0. The van der Waals surface area contributed by atoms with E-state index in [0.717, 1.165) is 31.5 Å². The Kier molecular flexibility index (Phi) is 5.80. The Labute approximate surface area is 173 Å². The lowest BCUT2D eigenvalue weighted by molar-refractivity contribution is -0.384. The van der Waals surface area contributed by atoms with E-state index in [0.29, 0.717) is 18.1 Å². The number of hydrogen-bond acceptors (Lipinski definition) is 6. The highest BCUT2D eigenvalue weighted by atomic mass is 16.6. The van der Waals surface area contributed by atoms with Gasteiger partial charge in [-0.1, -0.05) is 18.2 Å². The molecule has 2 aromatic carbocycles. The van der Waals surface area contributed by atoms with Crippen molar-refractivity contribution in [2.45, 2.75) is 25.6 Å². The SMILES string of the molecule is O=C(NC1CCN(Cn2cnc(-c3ccc([N+](=O)[O-])cc3)n2)CC1)c1ccccc1. The Bertz CT molecular complexity index is 1010. The quantitative estimate of drug-likeness (QED) is 0.498. The standard InChI is InChI=1S/C21H22N6O3/c28-21(17-4-2-1-3-5-17)23-18-10-12-25(13-11-18)15-26-14-22-20(24-26)16-6-8-19(9-7-16)27(29)30/h1-9,14,18H,10-13,15H2,(H,23,28). The maximum absolute atomic E-state index is 12.3. The van der Waals surface area contributed by atoms with Gasteiger partial charge in [0, 0.05) is 42.4 Å². The molecule has 1 aromatic heterocycles. The maximum atomic E-state index is 12.3. The number of piperidine rings is 1. The van der Waals surface area contributed by atoms with Crippen LogP contribution in [0.2, 0.25) is 0 Å². The van der Waals surface area contributed by atoms with Crippen LogP contribution in [0, 0.1) is 10.1 Å². The monoisotopic (exact) mass is 406 g/mol. The van der Waals surface area contributed by atoms with Crippen LogP contribution in [-0.4, -0.2) is 49.6 Å². The third kappa shape index (κ3) is 4.69.